The third kappa shape index (κ3) is 4.67. The monoisotopic (exact) mass is 634 g/mol. The van der Waals surface area contributed by atoms with Crippen LogP contribution in [0.25, 0.3) is 0 Å². The fourth-order valence-corrected chi connectivity index (χ4v) is 9.86. The summed E-state index contributed by atoms with van der Waals surface area (Å²) in [6, 6.07) is 6.28. The Hall–Kier alpha value is -2.36. The van der Waals surface area contributed by atoms with Gasteiger partial charge >= 0.3 is 5.97 Å². The molecule has 232 valence electrons. The maximum Gasteiger partial charge on any atom is 0.306 e. The molecule has 0 aromatic heterocycles. The number of alkyl halides is 2. The Morgan fingerprint density at radius 3 is 2.47 bits per heavy atom. The quantitative estimate of drug-likeness (QED) is 0.273. The highest BCUT2D eigenvalue weighted by Gasteiger charge is 2.78. The van der Waals surface area contributed by atoms with Gasteiger partial charge in [-0.15, -0.1) is 0 Å². The van der Waals surface area contributed by atoms with Gasteiger partial charge in [-0.05, 0) is 80.5 Å². The molecule has 1 aromatic rings. The molecular formula is C33H37ClF2O6S. The molecule has 4 aliphatic rings. The van der Waals surface area contributed by atoms with Crippen LogP contribution in [0.4, 0.5) is 8.78 Å². The molecule has 1 aromatic carbocycles. The zero-order valence-electron chi connectivity index (χ0n) is 24.7. The van der Waals surface area contributed by atoms with Crippen LogP contribution in [0.2, 0.25) is 5.02 Å². The Kier molecular flexibility index (Phi) is 8.36. The van der Waals surface area contributed by atoms with Gasteiger partial charge in [-0.25, -0.2) is 8.78 Å². The third-order valence-corrected chi connectivity index (χ3v) is 11.9. The van der Waals surface area contributed by atoms with Crippen LogP contribution >= 0.6 is 23.4 Å². The van der Waals surface area contributed by atoms with E-state index in [1.165, 1.54) is 19.1 Å². The van der Waals surface area contributed by atoms with E-state index in [1.807, 2.05) is 0 Å². The van der Waals surface area contributed by atoms with Crippen molar-refractivity contribution in [2.75, 3.05) is 5.75 Å². The summed E-state index contributed by atoms with van der Waals surface area (Å²) >= 11 is 6.68. The Morgan fingerprint density at radius 1 is 1.14 bits per heavy atom. The predicted octanol–water partition coefficient (Wildman–Crippen LogP) is 6.43. The van der Waals surface area contributed by atoms with E-state index < -0.39 is 69.0 Å². The number of fused-ring (bicyclic) bond motifs is 5. The number of hydrogen-bond acceptors (Lipinski definition) is 7. The van der Waals surface area contributed by atoms with Gasteiger partial charge in [0.05, 0.1) is 11.9 Å². The lowest BCUT2D eigenvalue weighted by molar-refractivity contribution is -0.228. The first-order valence-corrected chi connectivity index (χ1v) is 16.2. The molecule has 0 unspecified atom stereocenters. The second kappa shape index (κ2) is 11.2. The molecule has 0 saturated heterocycles. The van der Waals surface area contributed by atoms with Gasteiger partial charge in [-0.3, -0.25) is 19.2 Å². The summed E-state index contributed by atoms with van der Waals surface area (Å²) in [5.74, 6) is -3.84. The molecule has 0 bridgehead atoms. The van der Waals surface area contributed by atoms with Gasteiger partial charge in [0.1, 0.15) is 6.17 Å². The van der Waals surface area contributed by atoms with Crippen molar-refractivity contribution in [1.82, 2.24) is 0 Å². The molecule has 0 spiro atoms. The lowest BCUT2D eigenvalue weighted by Gasteiger charge is -2.63. The summed E-state index contributed by atoms with van der Waals surface area (Å²) < 4.78 is 39.6. The van der Waals surface area contributed by atoms with Crippen LogP contribution in [0.5, 0.6) is 0 Å². The van der Waals surface area contributed by atoms with E-state index >= 15 is 8.78 Å². The van der Waals surface area contributed by atoms with Crippen molar-refractivity contribution in [3.8, 4) is 0 Å². The lowest BCUT2D eigenvalue weighted by Crippen LogP contribution is -2.70. The minimum atomic E-state index is -2.33. The van der Waals surface area contributed by atoms with Crippen molar-refractivity contribution < 1.29 is 37.8 Å². The summed E-state index contributed by atoms with van der Waals surface area (Å²) in [4.78, 5) is 52.5. The summed E-state index contributed by atoms with van der Waals surface area (Å²) in [6.07, 6.45) is 0.700. The topological polar surface area (TPSA) is 97.7 Å². The molecule has 3 saturated carbocycles. The first-order chi connectivity index (χ1) is 20.2. The molecule has 3 fully saturated rings. The van der Waals surface area contributed by atoms with Crippen LogP contribution in [-0.2, 0) is 19.1 Å². The van der Waals surface area contributed by atoms with Gasteiger partial charge in [0.25, 0.3) is 0 Å². The number of aliphatic hydroxyl groups is 1. The van der Waals surface area contributed by atoms with Crippen LogP contribution in [0.1, 0.15) is 70.2 Å². The highest BCUT2D eigenvalue weighted by molar-refractivity contribution is 8.14. The van der Waals surface area contributed by atoms with Crippen molar-refractivity contribution >= 4 is 46.0 Å². The van der Waals surface area contributed by atoms with Crippen LogP contribution in [-0.4, -0.2) is 57.1 Å². The van der Waals surface area contributed by atoms with Crippen LogP contribution < -0.4 is 0 Å². The number of ether oxygens (including phenoxy) is 1. The van der Waals surface area contributed by atoms with Crippen LogP contribution in [0.15, 0.2) is 48.1 Å². The van der Waals surface area contributed by atoms with E-state index in [9.17, 15) is 24.3 Å². The Balaban J connectivity index is 1.54. The average Bonchev–Trinajstić information content (AvgIpc) is 3.17. The SMILES string of the molecule is CCCC(=O)O[C@]1(C(=O)SCC(=O)c2ccc(Cl)cc2)[C@H](C)C[C@H]2[C@@H]3C[C@H](F)C4=CC(=O)C=C[C@]4(C)[C@@]3(F)[C@@H](O)C[C@@]21C. The number of allylic oxidation sites excluding steroid dienone is 4. The molecule has 4 aliphatic carbocycles. The fraction of sp³-hybridized carbons (Fsp3) is 0.576. The summed E-state index contributed by atoms with van der Waals surface area (Å²) in [7, 11) is 0. The maximum atomic E-state index is 17.6. The van der Waals surface area contributed by atoms with E-state index in [0.717, 1.165) is 17.8 Å². The fourth-order valence-electron chi connectivity index (χ4n) is 8.61. The Labute approximate surface area is 259 Å². The molecule has 0 heterocycles. The number of carbonyl (C=O) groups is 4. The van der Waals surface area contributed by atoms with Crippen molar-refractivity contribution in [3.05, 3.63) is 58.7 Å². The van der Waals surface area contributed by atoms with Crippen molar-refractivity contribution in [2.45, 2.75) is 83.3 Å². The standard InChI is InChI=1S/C33H37ClF2O6S/c1-5-6-28(40)42-33(29(41)43-17-26(38)19-7-9-20(34)10-8-19)18(2)13-22-23-15-25(35)24-14-21(37)11-12-30(24,3)32(23,36)27(39)16-31(22,33)4/h7-12,14,18,22-23,25,27,39H,5-6,13,15-17H2,1-4H3/t18-,22+,23+,25+,27+,30+,31+,32+,33+/m1/s1. The van der Waals surface area contributed by atoms with Gasteiger partial charge in [0, 0.05) is 39.7 Å². The zero-order valence-corrected chi connectivity index (χ0v) is 26.3. The lowest BCUT2D eigenvalue weighted by atomic mass is 9.44. The minimum Gasteiger partial charge on any atom is -0.449 e. The molecule has 6 nitrogen and oxygen atoms in total. The molecule has 5 rings (SSSR count). The minimum absolute atomic E-state index is 0.0143. The zero-order chi connectivity index (χ0) is 31.5. The van der Waals surface area contributed by atoms with E-state index in [1.54, 1.807) is 45.0 Å². The van der Waals surface area contributed by atoms with Gasteiger partial charge in [0.15, 0.2) is 22.8 Å². The smallest absolute Gasteiger partial charge is 0.306 e. The summed E-state index contributed by atoms with van der Waals surface area (Å²) in [5, 5.41) is 11.6. The van der Waals surface area contributed by atoms with Crippen molar-refractivity contribution in [3.63, 3.8) is 0 Å². The largest absolute Gasteiger partial charge is 0.449 e. The molecular weight excluding hydrogens is 598 g/mol. The second-order valence-electron chi connectivity index (χ2n) is 13.0. The number of ketones is 2. The molecule has 1 N–H and O–H groups in total. The number of halogens is 3. The van der Waals surface area contributed by atoms with Gasteiger partial charge < -0.3 is 9.84 Å². The number of hydrogen-bond donors (Lipinski definition) is 1. The number of esters is 1. The molecule has 0 radical (unpaired) electrons. The van der Waals surface area contributed by atoms with Gasteiger partial charge in [0.2, 0.25) is 5.12 Å². The highest BCUT2D eigenvalue weighted by Crippen LogP contribution is 2.72. The van der Waals surface area contributed by atoms with E-state index in [0.29, 0.717) is 17.0 Å². The van der Waals surface area contributed by atoms with Crippen LogP contribution in [0, 0.1) is 28.6 Å². The predicted molar refractivity (Wildman–Crippen MR) is 160 cm³/mol. The number of carbonyl (C=O) groups excluding carboxylic acids is 4. The summed E-state index contributed by atoms with van der Waals surface area (Å²) in [5.41, 5.74) is -6.55. The number of rotatable bonds is 7. The highest BCUT2D eigenvalue weighted by atomic mass is 35.5. The number of aliphatic hydroxyl groups excluding tert-OH is 1. The summed E-state index contributed by atoms with van der Waals surface area (Å²) in [6.45, 7) is 6.81. The molecule has 10 heteroatoms. The normalized spacial score (nSPS) is 39.8. The Bertz CT molecular complexity index is 1410. The maximum absolute atomic E-state index is 17.6. The average molecular weight is 635 g/mol. The first-order valence-electron chi connectivity index (χ1n) is 14.8. The van der Waals surface area contributed by atoms with E-state index in [4.69, 9.17) is 16.3 Å². The molecule has 0 aliphatic heterocycles. The third-order valence-electron chi connectivity index (χ3n) is 10.7. The number of thioether (sulfide) groups is 1. The van der Waals surface area contributed by atoms with Crippen LogP contribution in [0.3, 0.4) is 0 Å². The number of Topliss-reactive ketones (excluding diaryl/α,β-unsaturated/α-hetero) is 1. The molecule has 9 atom stereocenters. The Morgan fingerprint density at radius 2 is 1.81 bits per heavy atom. The molecule has 43 heavy (non-hydrogen) atoms. The second-order valence-corrected chi connectivity index (χ2v) is 14.3. The van der Waals surface area contributed by atoms with E-state index in [2.05, 4.69) is 0 Å². The van der Waals surface area contributed by atoms with E-state index in [-0.39, 0.29) is 42.8 Å². The van der Waals surface area contributed by atoms with Crippen molar-refractivity contribution in [1.29, 1.82) is 0 Å². The van der Waals surface area contributed by atoms with Gasteiger partial charge in [-0.2, -0.15) is 0 Å². The van der Waals surface area contributed by atoms with Crippen molar-refractivity contribution in [2.24, 2.45) is 28.6 Å². The molecule has 0 amide bonds. The van der Waals surface area contributed by atoms with Gasteiger partial charge in [-0.1, -0.05) is 50.2 Å². The number of benzene rings is 1. The first kappa shape index (κ1) is 32.0.